The quantitative estimate of drug-likeness (QED) is 0.510. The van der Waals surface area contributed by atoms with Crippen molar-refractivity contribution in [3.8, 4) is 11.5 Å². The summed E-state index contributed by atoms with van der Waals surface area (Å²) in [6, 6.07) is 11.5. The van der Waals surface area contributed by atoms with Crippen LogP contribution in [0.5, 0.6) is 11.5 Å². The molecule has 29 heavy (non-hydrogen) atoms. The normalized spacial score (nSPS) is 11.2. The van der Waals surface area contributed by atoms with Crippen molar-refractivity contribution < 1.29 is 29.1 Å². The van der Waals surface area contributed by atoms with E-state index in [1.807, 2.05) is 0 Å². The zero-order valence-corrected chi connectivity index (χ0v) is 15.9. The number of nitrogens with zero attached hydrogens (tertiary/aromatic N) is 2. The van der Waals surface area contributed by atoms with Crippen molar-refractivity contribution in [2.45, 2.75) is 12.5 Å². The summed E-state index contributed by atoms with van der Waals surface area (Å²) in [4.78, 5) is 34.1. The molecule has 0 aromatic heterocycles. The third-order valence-electron chi connectivity index (χ3n) is 3.87. The van der Waals surface area contributed by atoms with Crippen LogP contribution >= 0.6 is 0 Å². The molecule has 154 valence electrons. The number of non-ortho nitro benzene ring substituents is 1. The monoisotopic (exact) mass is 403 g/mol. The number of amides is 2. The third-order valence-corrected chi connectivity index (χ3v) is 3.87. The Morgan fingerprint density at radius 3 is 2.21 bits per heavy atom. The Balaban J connectivity index is 1.98. The molecule has 0 bridgehead atoms. The van der Waals surface area contributed by atoms with Crippen molar-refractivity contribution in [2.24, 2.45) is 0 Å². The lowest BCUT2D eigenvalue weighted by Crippen LogP contribution is -2.28. The van der Waals surface area contributed by atoms with Crippen LogP contribution in [0, 0.1) is 10.1 Å². The summed E-state index contributed by atoms with van der Waals surface area (Å²) < 4.78 is 10.7. The summed E-state index contributed by atoms with van der Waals surface area (Å²) in [6.07, 6.45) is -1.39. The molecule has 10 nitrogen and oxygen atoms in total. The summed E-state index contributed by atoms with van der Waals surface area (Å²) in [7, 11) is 3.13. The highest BCUT2D eigenvalue weighted by Crippen LogP contribution is 2.22. The highest BCUT2D eigenvalue weighted by molar-refractivity contribution is 5.70. The number of ether oxygens (including phenoxy) is 2. The lowest BCUT2D eigenvalue weighted by molar-refractivity contribution is -0.384. The molecule has 0 spiro atoms. The lowest BCUT2D eigenvalue weighted by atomic mass is 10.0. The smallest absolute Gasteiger partial charge is 0.414 e. The Bertz CT molecular complexity index is 851. The molecular weight excluding hydrogens is 382 g/mol. The van der Waals surface area contributed by atoms with Crippen molar-refractivity contribution in [1.82, 2.24) is 10.2 Å². The summed E-state index contributed by atoms with van der Waals surface area (Å²) in [5.74, 6) is 0.777. The van der Waals surface area contributed by atoms with Crippen LogP contribution in [0.2, 0.25) is 0 Å². The Morgan fingerprint density at radius 2 is 1.69 bits per heavy atom. The topological polar surface area (TPSA) is 131 Å². The van der Waals surface area contributed by atoms with E-state index < -0.39 is 23.2 Å². The number of benzene rings is 2. The molecular formula is C19H21N3O7. The van der Waals surface area contributed by atoms with Gasteiger partial charge in [0, 0.05) is 32.6 Å². The van der Waals surface area contributed by atoms with Gasteiger partial charge in [0.2, 0.25) is 0 Å². The van der Waals surface area contributed by atoms with Gasteiger partial charge in [0.25, 0.3) is 5.69 Å². The van der Waals surface area contributed by atoms with Gasteiger partial charge in [-0.2, -0.15) is 0 Å². The second kappa shape index (κ2) is 9.93. The Kier molecular flexibility index (Phi) is 7.35. The van der Waals surface area contributed by atoms with Gasteiger partial charge in [-0.1, -0.05) is 12.1 Å². The van der Waals surface area contributed by atoms with Crippen LogP contribution < -0.4 is 14.8 Å². The molecule has 2 amide bonds. The summed E-state index contributed by atoms with van der Waals surface area (Å²) >= 11 is 0. The maximum absolute atomic E-state index is 11.6. The standard InChI is InChI=1S/C19H21N3O7/c1-21(2)19(25)29-16-7-3-13(4-8-16)17(20-18(23)24)11-12-28-15-9-5-14(6-10-15)22(26)27/h3-10,17,20H,11-12H2,1-2H3,(H,23,24)/t17-/m1/s1. The molecule has 0 saturated heterocycles. The predicted octanol–water partition coefficient (Wildman–Crippen LogP) is 3.43. The summed E-state index contributed by atoms with van der Waals surface area (Å²) in [6.45, 7) is 0.181. The van der Waals surface area contributed by atoms with Gasteiger partial charge in [0.15, 0.2) is 0 Å². The van der Waals surface area contributed by atoms with Gasteiger partial charge < -0.3 is 24.8 Å². The Morgan fingerprint density at radius 1 is 1.10 bits per heavy atom. The predicted molar refractivity (Wildman–Crippen MR) is 103 cm³/mol. The number of hydrogen-bond donors (Lipinski definition) is 2. The minimum absolute atomic E-state index is 0.0437. The van der Waals surface area contributed by atoms with Crippen molar-refractivity contribution in [3.63, 3.8) is 0 Å². The number of nitro benzene ring substituents is 1. The molecule has 2 aromatic carbocycles. The first kappa shape index (κ1) is 21.5. The summed E-state index contributed by atoms with van der Waals surface area (Å²) in [5.41, 5.74) is 0.627. The molecule has 0 aliphatic carbocycles. The number of carbonyl (C=O) groups excluding carboxylic acids is 1. The SMILES string of the molecule is CN(C)C(=O)Oc1ccc([C@@H](CCOc2ccc([N+](=O)[O-])cc2)NC(=O)O)cc1. The molecule has 0 saturated carbocycles. The largest absolute Gasteiger partial charge is 0.493 e. The first-order chi connectivity index (χ1) is 13.8. The van der Waals surface area contributed by atoms with Crippen molar-refractivity contribution in [1.29, 1.82) is 0 Å². The van der Waals surface area contributed by atoms with E-state index in [0.29, 0.717) is 23.5 Å². The van der Waals surface area contributed by atoms with Gasteiger partial charge in [-0.05, 0) is 29.8 Å². The minimum atomic E-state index is -1.19. The molecule has 2 rings (SSSR count). The first-order valence-corrected chi connectivity index (χ1v) is 8.62. The average molecular weight is 403 g/mol. The number of nitrogens with one attached hydrogen (secondary N) is 1. The van der Waals surface area contributed by atoms with Crippen molar-refractivity contribution in [2.75, 3.05) is 20.7 Å². The van der Waals surface area contributed by atoms with Gasteiger partial charge in [-0.3, -0.25) is 10.1 Å². The van der Waals surface area contributed by atoms with E-state index >= 15 is 0 Å². The number of carboxylic acid groups (broad SMARTS) is 1. The van der Waals surface area contributed by atoms with E-state index in [0.717, 1.165) is 0 Å². The van der Waals surface area contributed by atoms with E-state index in [9.17, 15) is 19.7 Å². The number of hydrogen-bond acceptors (Lipinski definition) is 6. The number of nitro groups is 1. The fourth-order valence-corrected chi connectivity index (χ4v) is 2.39. The van der Waals surface area contributed by atoms with Crippen LogP contribution in [-0.4, -0.2) is 47.8 Å². The molecule has 0 unspecified atom stereocenters. The Hall–Kier alpha value is -3.82. The molecule has 0 heterocycles. The van der Waals surface area contributed by atoms with E-state index in [1.54, 1.807) is 38.4 Å². The molecule has 0 fully saturated rings. The van der Waals surface area contributed by atoms with Gasteiger partial charge in [0.05, 0.1) is 17.6 Å². The highest BCUT2D eigenvalue weighted by atomic mass is 16.6. The highest BCUT2D eigenvalue weighted by Gasteiger charge is 2.15. The van der Waals surface area contributed by atoms with Crippen LogP contribution in [0.15, 0.2) is 48.5 Å². The second-order valence-electron chi connectivity index (χ2n) is 6.22. The van der Waals surface area contributed by atoms with Gasteiger partial charge in [0.1, 0.15) is 11.5 Å². The molecule has 2 aromatic rings. The van der Waals surface area contributed by atoms with Crippen LogP contribution in [0.4, 0.5) is 15.3 Å². The van der Waals surface area contributed by atoms with Crippen LogP contribution in [0.25, 0.3) is 0 Å². The Labute approximate surface area is 166 Å². The molecule has 0 aliphatic rings. The molecule has 10 heteroatoms. The number of carbonyl (C=O) groups is 2. The van der Waals surface area contributed by atoms with Crippen LogP contribution in [0.1, 0.15) is 18.0 Å². The minimum Gasteiger partial charge on any atom is -0.493 e. The summed E-state index contributed by atoms with van der Waals surface area (Å²) in [5, 5.41) is 22.2. The zero-order valence-electron chi connectivity index (χ0n) is 15.9. The maximum Gasteiger partial charge on any atom is 0.414 e. The second-order valence-corrected chi connectivity index (χ2v) is 6.22. The van der Waals surface area contributed by atoms with Gasteiger partial charge in [-0.25, -0.2) is 9.59 Å². The van der Waals surface area contributed by atoms with Crippen molar-refractivity contribution >= 4 is 17.9 Å². The van der Waals surface area contributed by atoms with E-state index in [1.165, 1.54) is 29.2 Å². The van der Waals surface area contributed by atoms with Crippen LogP contribution in [0.3, 0.4) is 0 Å². The van der Waals surface area contributed by atoms with Crippen molar-refractivity contribution in [3.05, 3.63) is 64.2 Å². The van der Waals surface area contributed by atoms with E-state index in [2.05, 4.69) is 5.32 Å². The molecule has 0 radical (unpaired) electrons. The van der Waals surface area contributed by atoms with E-state index in [-0.39, 0.29) is 12.3 Å². The average Bonchev–Trinajstić information content (AvgIpc) is 2.68. The third kappa shape index (κ3) is 6.69. The molecule has 1 atom stereocenters. The maximum atomic E-state index is 11.6. The first-order valence-electron chi connectivity index (χ1n) is 8.62. The number of rotatable bonds is 8. The lowest BCUT2D eigenvalue weighted by Gasteiger charge is -2.18. The van der Waals surface area contributed by atoms with Gasteiger partial charge in [-0.15, -0.1) is 0 Å². The fourth-order valence-electron chi connectivity index (χ4n) is 2.39. The fraction of sp³-hybridized carbons (Fsp3) is 0.263. The zero-order chi connectivity index (χ0) is 21.4. The van der Waals surface area contributed by atoms with Gasteiger partial charge >= 0.3 is 12.2 Å². The molecule has 0 aliphatic heterocycles. The van der Waals surface area contributed by atoms with E-state index in [4.69, 9.17) is 14.6 Å². The molecule has 2 N–H and O–H groups in total. The van der Waals surface area contributed by atoms with Crippen LogP contribution in [-0.2, 0) is 0 Å².